The molecule has 0 saturated carbocycles. The molecular formula is C18H21F2NO4. The third kappa shape index (κ3) is 3.75. The lowest BCUT2D eigenvalue weighted by Crippen LogP contribution is -2.50. The summed E-state index contributed by atoms with van der Waals surface area (Å²) in [6.45, 7) is 0.0484. The smallest absolute Gasteiger partial charge is 0.410 e. The van der Waals surface area contributed by atoms with Gasteiger partial charge in [-0.25, -0.2) is 13.6 Å². The normalized spacial score (nSPS) is 27.0. The van der Waals surface area contributed by atoms with Gasteiger partial charge in [0.05, 0.1) is 13.2 Å². The van der Waals surface area contributed by atoms with Gasteiger partial charge in [-0.3, -0.25) is 9.69 Å². The van der Waals surface area contributed by atoms with Gasteiger partial charge in [-0.2, -0.15) is 0 Å². The van der Waals surface area contributed by atoms with Gasteiger partial charge in [-0.15, -0.1) is 0 Å². The average Bonchev–Trinajstić information content (AvgIpc) is 2.75. The van der Waals surface area contributed by atoms with E-state index in [0.717, 1.165) is 5.56 Å². The van der Waals surface area contributed by atoms with Crippen molar-refractivity contribution in [3.63, 3.8) is 0 Å². The number of fused-ring (bicyclic) bond motifs is 2. The zero-order valence-corrected chi connectivity index (χ0v) is 14.0. The Morgan fingerprint density at radius 3 is 2.60 bits per heavy atom. The van der Waals surface area contributed by atoms with Gasteiger partial charge in [0.2, 0.25) is 0 Å². The van der Waals surface area contributed by atoms with Crippen LogP contribution in [0.2, 0.25) is 0 Å². The van der Waals surface area contributed by atoms with E-state index in [0.29, 0.717) is 6.42 Å². The molecule has 0 unspecified atom stereocenters. The Bertz CT molecular complexity index is 637. The Kier molecular flexibility index (Phi) is 4.92. The van der Waals surface area contributed by atoms with Crippen LogP contribution < -0.4 is 0 Å². The lowest BCUT2D eigenvalue weighted by atomic mass is 9.88. The van der Waals surface area contributed by atoms with Crippen molar-refractivity contribution < 1.29 is 27.8 Å². The Hall–Kier alpha value is -2.18. The maximum absolute atomic E-state index is 14.3. The van der Waals surface area contributed by atoms with E-state index in [1.165, 1.54) is 12.0 Å². The van der Waals surface area contributed by atoms with Crippen LogP contribution in [-0.4, -0.2) is 42.1 Å². The molecule has 0 aliphatic carbocycles. The van der Waals surface area contributed by atoms with E-state index < -0.39 is 30.1 Å². The summed E-state index contributed by atoms with van der Waals surface area (Å²) in [5.41, 5.74) is 0.801. The second-order valence-corrected chi connectivity index (χ2v) is 6.70. The van der Waals surface area contributed by atoms with Crippen LogP contribution in [0.15, 0.2) is 30.3 Å². The zero-order valence-electron chi connectivity index (χ0n) is 14.0. The fraction of sp³-hybridized carbons (Fsp3) is 0.556. The number of carbonyl (C=O) groups excluding carboxylic acids is 2. The first-order chi connectivity index (χ1) is 11.9. The number of piperidine rings is 1. The number of amides is 1. The molecule has 136 valence electrons. The molecule has 7 heteroatoms. The van der Waals surface area contributed by atoms with Gasteiger partial charge in [-0.1, -0.05) is 30.3 Å². The van der Waals surface area contributed by atoms with E-state index in [1.807, 2.05) is 18.2 Å². The van der Waals surface area contributed by atoms with Crippen LogP contribution in [0.25, 0.3) is 0 Å². The fourth-order valence-electron chi connectivity index (χ4n) is 3.84. The van der Waals surface area contributed by atoms with E-state index in [9.17, 15) is 18.4 Å². The summed E-state index contributed by atoms with van der Waals surface area (Å²) in [6.07, 6.45) is -0.546. The van der Waals surface area contributed by atoms with Crippen LogP contribution in [0.5, 0.6) is 0 Å². The van der Waals surface area contributed by atoms with Gasteiger partial charge in [0, 0.05) is 18.9 Å². The molecule has 2 fully saturated rings. The monoisotopic (exact) mass is 353 g/mol. The topological polar surface area (TPSA) is 55.8 Å². The predicted molar refractivity (Wildman–Crippen MR) is 85.0 cm³/mol. The molecular weight excluding hydrogens is 332 g/mol. The van der Waals surface area contributed by atoms with E-state index >= 15 is 0 Å². The molecule has 2 saturated heterocycles. The lowest BCUT2D eigenvalue weighted by molar-refractivity contribution is -0.142. The Morgan fingerprint density at radius 2 is 1.96 bits per heavy atom. The number of nitrogens with zero attached hydrogens (tertiary/aromatic N) is 1. The summed E-state index contributed by atoms with van der Waals surface area (Å²) in [7, 11) is 1.28. The number of esters is 1. The van der Waals surface area contributed by atoms with Gasteiger partial charge >= 0.3 is 12.1 Å². The number of benzene rings is 1. The molecule has 2 heterocycles. The first kappa shape index (κ1) is 17.6. The molecule has 5 nitrogen and oxygen atoms in total. The summed E-state index contributed by atoms with van der Waals surface area (Å²) in [5.74, 6) is -3.57. The minimum atomic E-state index is -2.96. The van der Waals surface area contributed by atoms with Crippen molar-refractivity contribution in [2.24, 2.45) is 5.92 Å². The summed E-state index contributed by atoms with van der Waals surface area (Å²) in [4.78, 5) is 25.0. The molecule has 3 rings (SSSR count). The summed E-state index contributed by atoms with van der Waals surface area (Å²) in [6, 6.07) is 7.27. The maximum Gasteiger partial charge on any atom is 0.410 e. The van der Waals surface area contributed by atoms with Crippen LogP contribution >= 0.6 is 0 Å². The number of carbonyl (C=O) groups is 2. The molecule has 1 amide bonds. The number of hydrogen-bond donors (Lipinski definition) is 0. The highest BCUT2D eigenvalue weighted by atomic mass is 19.3. The molecule has 1 aromatic rings. The third-order valence-corrected chi connectivity index (χ3v) is 4.99. The molecule has 0 N–H and O–H groups in total. The first-order valence-corrected chi connectivity index (χ1v) is 8.34. The quantitative estimate of drug-likeness (QED) is 0.779. The zero-order chi connectivity index (χ0) is 18.0. The molecule has 0 radical (unpaired) electrons. The van der Waals surface area contributed by atoms with Crippen molar-refractivity contribution in [1.82, 2.24) is 4.90 Å². The SMILES string of the molecule is COC(=O)C[C@@H]1C[C@@H]2CC(F)(F)[C@H](C1)N2C(=O)OCc1ccccc1. The van der Waals surface area contributed by atoms with Crippen molar-refractivity contribution in [1.29, 1.82) is 0 Å². The van der Waals surface area contributed by atoms with Crippen LogP contribution in [-0.2, 0) is 20.9 Å². The molecule has 3 atom stereocenters. The second kappa shape index (κ2) is 6.98. The van der Waals surface area contributed by atoms with Gasteiger partial charge in [0.15, 0.2) is 0 Å². The van der Waals surface area contributed by atoms with E-state index in [4.69, 9.17) is 4.74 Å². The number of hydrogen-bond acceptors (Lipinski definition) is 4. The van der Waals surface area contributed by atoms with Gasteiger partial charge < -0.3 is 9.47 Å². The summed E-state index contributed by atoms with van der Waals surface area (Å²) < 4.78 is 38.5. The molecule has 1 aromatic carbocycles. The van der Waals surface area contributed by atoms with Crippen molar-refractivity contribution in [2.45, 2.75) is 50.3 Å². The summed E-state index contributed by atoms with van der Waals surface area (Å²) in [5, 5.41) is 0. The molecule has 2 aliphatic heterocycles. The van der Waals surface area contributed by atoms with Crippen LogP contribution in [0, 0.1) is 5.92 Å². The van der Waals surface area contributed by atoms with Gasteiger partial charge in [-0.05, 0) is 24.3 Å². The average molecular weight is 353 g/mol. The van der Waals surface area contributed by atoms with E-state index in [1.54, 1.807) is 12.1 Å². The van der Waals surface area contributed by atoms with Gasteiger partial charge in [0.1, 0.15) is 6.61 Å². The highest BCUT2D eigenvalue weighted by molar-refractivity contribution is 5.71. The number of ether oxygens (including phenoxy) is 2. The minimum absolute atomic E-state index is 0.0484. The maximum atomic E-state index is 14.3. The van der Waals surface area contributed by atoms with Crippen molar-refractivity contribution in [2.75, 3.05) is 7.11 Å². The van der Waals surface area contributed by atoms with Crippen molar-refractivity contribution in [3.05, 3.63) is 35.9 Å². The predicted octanol–water partition coefficient (Wildman–Crippen LogP) is 3.37. The Morgan fingerprint density at radius 1 is 1.24 bits per heavy atom. The lowest BCUT2D eigenvalue weighted by Gasteiger charge is -2.37. The van der Waals surface area contributed by atoms with E-state index in [-0.39, 0.29) is 31.8 Å². The fourth-order valence-corrected chi connectivity index (χ4v) is 3.84. The largest absolute Gasteiger partial charge is 0.469 e. The Balaban J connectivity index is 1.66. The number of halogens is 2. The molecule has 0 spiro atoms. The van der Waals surface area contributed by atoms with Gasteiger partial charge in [0.25, 0.3) is 5.92 Å². The molecule has 25 heavy (non-hydrogen) atoms. The highest BCUT2D eigenvalue weighted by Gasteiger charge is 2.59. The second-order valence-electron chi connectivity index (χ2n) is 6.70. The third-order valence-electron chi connectivity index (χ3n) is 4.99. The number of rotatable bonds is 4. The first-order valence-electron chi connectivity index (χ1n) is 8.34. The van der Waals surface area contributed by atoms with Crippen molar-refractivity contribution >= 4 is 12.1 Å². The Labute approximate surface area is 144 Å². The summed E-state index contributed by atoms with van der Waals surface area (Å²) >= 11 is 0. The standard InChI is InChI=1S/C18H21F2NO4/c1-24-16(22)9-13-7-14-10-18(19,20)15(8-13)21(14)17(23)25-11-12-5-3-2-4-6-12/h2-6,13-15H,7-11H2,1H3/t13-,14-,15+/m1/s1. The minimum Gasteiger partial charge on any atom is -0.469 e. The van der Waals surface area contributed by atoms with E-state index in [2.05, 4.69) is 4.74 Å². The molecule has 2 bridgehead atoms. The number of methoxy groups -OCH3 is 1. The van der Waals surface area contributed by atoms with Crippen LogP contribution in [0.3, 0.4) is 0 Å². The van der Waals surface area contributed by atoms with Crippen molar-refractivity contribution in [3.8, 4) is 0 Å². The number of alkyl halides is 2. The highest BCUT2D eigenvalue weighted by Crippen LogP contribution is 2.48. The van der Waals surface area contributed by atoms with Crippen LogP contribution in [0.4, 0.5) is 13.6 Å². The molecule has 2 aliphatic rings. The molecule has 0 aromatic heterocycles. The van der Waals surface area contributed by atoms with Crippen LogP contribution in [0.1, 0.15) is 31.2 Å².